The minimum atomic E-state index is -0.601. The van der Waals surface area contributed by atoms with Crippen LogP contribution in [0.5, 0.6) is 0 Å². The van der Waals surface area contributed by atoms with Crippen LogP contribution in [0.15, 0.2) is 32.6 Å². The van der Waals surface area contributed by atoms with Crippen LogP contribution in [0.2, 0.25) is 5.02 Å². The van der Waals surface area contributed by atoms with E-state index in [1.807, 2.05) is 0 Å². The number of nitrogens with zero attached hydrogens (tertiary/aromatic N) is 2. The Balaban J connectivity index is 2.42. The molecule has 0 bridgehead atoms. The maximum absolute atomic E-state index is 11.3. The highest BCUT2D eigenvalue weighted by atomic mass is 35.5. The topological polar surface area (TPSA) is 80.9 Å². The first-order valence-electron chi connectivity index (χ1n) is 4.05. The molecule has 0 saturated carbocycles. The Bertz CT molecular complexity index is 570. The van der Waals surface area contributed by atoms with Gasteiger partial charge in [0, 0.05) is 12.3 Å². The van der Waals surface area contributed by atoms with Gasteiger partial charge in [0.05, 0.1) is 12.7 Å². The Labute approximate surface area is 88.1 Å². The summed E-state index contributed by atoms with van der Waals surface area (Å²) in [5.41, 5.74) is -1.14. The predicted octanol–water partition coefficient (Wildman–Crippen LogP) is 0.226. The smallest absolute Gasteiger partial charge is 0.328 e. The molecule has 2 heterocycles. The van der Waals surface area contributed by atoms with Gasteiger partial charge in [-0.2, -0.15) is 0 Å². The Morgan fingerprint density at radius 1 is 1.53 bits per heavy atom. The van der Waals surface area contributed by atoms with Gasteiger partial charge in [0.25, 0.3) is 5.56 Å². The van der Waals surface area contributed by atoms with E-state index in [-0.39, 0.29) is 11.6 Å². The van der Waals surface area contributed by atoms with Crippen LogP contribution in [0, 0.1) is 0 Å². The summed E-state index contributed by atoms with van der Waals surface area (Å²) in [4.78, 5) is 24.3. The minimum Gasteiger partial charge on any atom is -0.359 e. The van der Waals surface area contributed by atoms with E-state index in [1.54, 1.807) is 6.07 Å². The second-order valence-electron chi connectivity index (χ2n) is 2.84. The van der Waals surface area contributed by atoms with Crippen molar-refractivity contribution in [1.29, 1.82) is 0 Å². The van der Waals surface area contributed by atoms with Crippen molar-refractivity contribution in [3.05, 3.63) is 50.1 Å². The number of aromatic nitrogens is 3. The normalized spacial score (nSPS) is 10.5. The Hall–Kier alpha value is -1.82. The second-order valence-corrected chi connectivity index (χ2v) is 3.25. The maximum atomic E-state index is 11.3. The van der Waals surface area contributed by atoms with E-state index in [0.717, 1.165) is 0 Å². The zero-order chi connectivity index (χ0) is 10.8. The standard InChI is InChI=1S/C8H6ClN3O3/c9-6-4-12(8(14)11-7(6)13)3-5-1-2-10-15-5/h1-2,4H,3H2,(H,11,13,14). The van der Waals surface area contributed by atoms with Crippen LogP contribution in [0.4, 0.5) is 0 Å². The number of H-pyrrole nitrogens is 1. The van der Waals surface area contributed by atoms with Gasteiger partial charge in [0.15, 0.2) is 5.76 Å². The highest BCUT2D eigenvalue weighted by Crippen LogP contribution is 2.01. The SMILES string of the molecule is O=c1[nH]c(=O)n(Cc2ccno2)cc1Cl. The zero-order valence-corrected chi connectivity index (χ0v) is 8.19. The van der Waals surface area contributed by atoms with Crippen LogP contribution in [-0.4, -0.2) is 14.7 Å². The van der Waals surface area contributed by atoms with Crippen molar-refractivity contribution >= 4 is 11.6 Å². The Morgan fingerprint density at radius 3 is 3.00 bits per heavy atom. The second kappa shape index (κ2) is 3.74. The van der Waals surface area contributed by atoms with E-state index in [1.165, 1.54) is 17.0 Å². The van der Waals surface area contributed by atoms with Crippen LogP contribution in [-0.2, 0) is 6.54 Å². The molecule has 0 atom stereocenters. The number of hydrogen-bond donors (Lipinski definition) is 1. The summed E-state index contributed by atoms with van der Waals surface area (Å²) in [5.74, 6) is 0.500. The summed E-state index contributed by atoms with van der Waals surface area (Å²) < 4.78 is 6.04. The zero-order valence-electron chi connectivity index (χ0n) is 7.44. The first-order chi connectivity index (χ1) is 7.16. The molecule has 0 unspecified atom stereocenters. The van der Waals surface area contributed by atoms with E-state index in [2.05, 4.69) is 10.1 Å². The fourth-order valence-corrected chi connectivity index (χ4v) is 1.26. The average Bonchev–Trinajstić information content (AvgIpc) is 2.67. The molecule has 2 aromatic rings. The van der Waals surface area contributed by atoms with E-state index in [0.29, 0.717) is 5.76 Å². The fourth-order valence-electron chi connectivity index (χ4n) is 1.09. The molecule has 0 aliphatic heterocycles. The van der Waals surface area contributed by atoms with Gasteiger partial charge in [-0.1, -0.05) is 16.8 Å². The molecule has 1 N–H and O–H groups in total. The largest absolute Gasteiger partial charge is 0.359 e. The lowest BCUT2D eigenvalue weighted by molar-refractivity contribution is 0.374. The first kappa shape index (κ1) is 9.72. The predicted molar refractivity (Wildman–Crippen MR) is 51.9 cm³/mol. The third-order valence-corrected chi connectivity index (χ3v) is 2.05. The molecule has 0 aliphatic carbocycles. The van der Waals surface area contributed by atoms with Gasteiger partial charge in [0.1, 0.15) is 5.02 Å². The summed E-state index contributed by atoms with van der Waals surface area (Å²) in [6.07, 6.45) is 2.72. The fraction of sp³-hybridized carbons (Fsp3) is 0.125. The average molecular weight is 228 g/mol. The molecule has 0 fully saturated rings. The molecule has 0 aliphatic rings. The summed E-state index contributed by atoms with van der Waals surface area (Å²) in [7, 11) is 0. The molecule has 7 heteroatoms. The molecule has 0 spiro atoms. The summed E-state index contributed by atoms with van der Waals surface area (Å²) in [6, 6.07) is 1.62. The Morgan fingerprint density at radius 2 is 2.33 bits per heavy atom. The number of nitrogens with one attached hydrogen (secondary N) is 1. The number of halogens is 1. The highest BCUT2D eigenvalue weighted by Gasteiger charge is 2.04. The van der Waals surface area contributed by atoms with Gasteiger partial charge < -0.3 is 4.52 Å². The first-order valence-corrected chi connectivity index (χ1v) is 4.43. The van der Waals surface area contributed by atoms with Crippen molar-refractivity contribution < 1.29 is 4.52 Å². The quantitative estimate of drug-likeness (QED) is 0.796. The molecule has 6 nitrogen and oxygen atoms in total. The Kier molecular flexibility index (Phi) is 2.42. The third kappa shape index (κ3) is 1.99. The lowest BCUT2D eigenvalue weighted by Gasteiger charge is -2.01. The summed E-state index contributed by atoms with van der Waals surface area (Å²) in [6.45, 7) is 0.176. The van der Waals surface area contributed by atoms with Gasteiger partial charge >= 0.3 is 5.69 Å². The van der Waals surface area contributed by atoms with E-state index < -0.39 is 11.2 Å². The molecule has 0 radical (unpaired) electrons. The van der Waals surface area contributed by atoms with Crippen molar-refractivity contribution in [2.75, 3.05) is 0 Å². The van der Waals surface area contributed by atoms with Crippen LogP contribution >= 0.6 is 11.6 Å². The van der Waals surface area contributed by atoms with Crippen LogP contribution in [0.3, 0.4) is 0 Å². The van der Waals surface area contributed by atoms with Crippen LogP contribution in [0.1, 0.15) is 5.76 Å². The molecular weight excluding hydrogens is 222 g/mol. The van der Waals surface area contributed by atoms with Gasteiger partial charge in [-0.05, 0) is 0 Å². The van der Waals surface area contributed by atoms with Gasteiger partial charge in [-0.15, -0.1) is 0 Å². The van der Waals surface area contributed by atoms with Crippen LogP contribution < -0.4 is 11.2 Å². The van der Waals surface area contributed by atoms with Crippen molar-refractivity contribution in [1.82, 2.24) is 14.7 Å². The van der Waals surface area contributed by atoms with Crippen molar-refractivity contribution in [3.8, 4) is 0 Å². The monoisotopic (exact) mass is 227 g/mol. The van der Waals surface area contributed by atoms with E-state index >= 15 is 0 Å². The van der Waals surface area contributed by atoms with Crippen molar-refractivity contribution in [2.24, 2.45) is 0 Å². The number of aromatic amines is 1. The molecule has 0 aromatic carbocycles. The minimum absolute atomic E-state index is 0.0471. The summed E-state index contributed by atoms with van der Waals surface area (Å²) in [5, 5.41) is 3.45. The van der Waals surface area contributed by atoms with E-state index in [9.17, 15) is 9.59 Å². The lowest BCUT2D eigenvalue weighted by atomic mass is 10.4. The van der Waals surface area contributed by atoms with E-state index in [4.69, 9.17) is 16.1 Å². The van der Waals surface area contributed by atoms with Gasteiger partial charge in [-0.3, -0.25) is 14.3 Å². The third-order valence-electron chi connectivity index (χ3n) is 1.78. The van der Waals surface area contributed by atoms with Crippen molar-refractivity contribution in [3.63, 3.8) is 0 Å². The molecule has 15 heavy (non-hydrogen) atoms. The number of hydrogen-bond acceptors (Lipinski definition) is 4. The van der Waals surface area contributed by atoms with Crippen LogP contribution in [0.25, 0.3) is 0 Å². The molecular formula is C8H6ClN3O3. The maximum Gasteiger partial charge on any atom is 0.328 e. The van der Waals surface area contributed by atoms with Gasteiger partial charge in [-0.25, -0.2) is 4.79 Å². The molecule has 78 valence electrons. The lowest BCUT2D eigenvalue weighted by Crippen LogP contribution is -2.29. The molecule has 2 aromatic heterocycles. The molecule has 0 amide bonds. The summed E-state index contributed by atoms with van der Waals surface area (Å²) >= 11 is 5.58. The van der Waals surface area contributed by atoms with Gasteiger partial charge in [0.2, 0.25) is 0 Å². The molecule has 2 rings (SSSR count). The molecule has 0 saturated heterocycles. The number of rotatable bonds is 2. The van der Waals surface area contributed by atoms with Crippen molar-refractivity contribution in [2.45, 2.75) is 6.54 Å². The highest BCUT2D eigenvalue weighted by molar-refractivity contribution is 6.30.